The van der Waals surface area contributed by atoms with E-state index in [4.69, 9.17) is 0 Å². The van der Waals surface area contributed by atoms with Crippen LogP contribution in [0.25, 0.3) is 21.7 Å². The molecular weight excluding hydrogens is 436 g/mol. The number of nitrogens with one attached hydrogen (secondary N) is 3. The Kier molecular flexibility index (Phi) is 6.24. The zero-order valence-electron chi connectivity index (χ0n) is 19.0. The van der Waals surface area contributed by atoms with E-state index < -0.39 is 0 Å². The maximum atomic E-state index is 12.9. The molecular formula is C24H26N6O2S. The molecule has 4 heterocycles. The molecule has 0 aliphatic heterocycles. The molecule has 3 N–H and O–H groups in total. The maximum Gasteiger partial charge on any atom is 0.261 e. The average molecular weight is 463 g/mol. The molecule has 1 atom stereocenters. The van der Waals surface area contributed by atoms with E-state index in [0.29, 0.717) is 33.8 Å². The van der Waals surface area contributed by atoms with Crippen LogP contribution in [0.2, 0.25) is 0 Å². The van der Waals surface area contributed by atoms with Crippen LogP contribution >= 0.6 is 11.3 Å². The second-order valence-corrected chi connectivity index (χ2v) is 10.0. The highest BCUT2D eigenvalue weighted by Gasteiger charge is 2.24. The van der Waals surface area contributed by atoms with Gasteiger partial charge in [-0.25, -0.2) is 9.97 Å². The van der Waals surface area contributed by atoms with Gasteiger partial charge in [0.1, 0.15) is 5.52 Å². The Morgan fingerprint density at radius 2 is 1.88 bits per heavy atom. The van der Waals surface area contributed by atoms with Crippen molar-refractivity contribution in [2.75, 3.05) is 0 Å². The lowest BCUT2D eigenvalue weighted by molar-refractivity contribution is 0.0910. The summed E-state index contributed by atoms with van der Waals surface area (Å²) in [4.78, 5) is 42.9. The van der Waals surface area contributed by atoms with Crippen molar-refractivity contribution < 1.29 is 9.59 Å². The van der Waals surface area contributed by atoms with Gasteiger partial charge in [-0.1, -0.05) is 20.8 Å². The summed E-state index contributed by atoms with van der Waals surface area (Å²) in [6, 6.07) is 7.31. The molecule has 4 aromatic heterocycles. The summed E-state index contributed by atoms with van der Waals surface area (Å²) in [5.74, 6) is -0.354. The molecule has 170 valence electrons. The monoisotopic (exact) mass is 462 g/mol. The van der Waals surface area contributed by atoms with Gasteiger partial charge in [0.15, 0.2) is 5.65 Å². The van der Waals surface area contributed by atoms with Gasteiger partial charge < -0.3 is 15.6 Å². The average Bonchev–Trinajstić information content (AvgIpc) is 3.44. The van der Waals surface area contributed by atoms with Crippen molar-refractivity contribution in [3.8, 4) is 10.6 Å². The molecule has 0 fully saturated rings. The van der Waals surface area contributed by atoms with Gasteiger partial charge in [-0.2, -0.15) is 0 Å². The highest BCUT2D eigenvalue weighted by molar-refractivity contribution is 7.17. The van der Waals surface area contributed by atoms with Crippen LogP contribution in [0.5, 0.6) is 0 Å². The van der Waals surface area contributed by atoms with Crippen LogP contribution in [0.4, 0.5) is 0 Å². The summed E-state index contributed by atoms with van der Waals surface area (Å²) >= 11 is 1.33. The van der Waals surface area contributed by atoms with Crippen molar-refractivity contribution >= 4 is 34.3 Å². The number of hydrogen-bond donors (Lipinski definition) is 3. The molecule has 0 bridgehead atoms. The normalized spacial score (nSPS) is 12.5. The summed E-state index contributed by atoms with van der Waals surface area (Å²) in [5.41, 5.74) is 3.01. The second-order valence-electron chi connectivity index (χ2n) is 8.92. The van der Waals surface area contributed by atoms with Crippen molar-refractivity contribution in [1.82, 2.24) is 30.6 Å². The van der Waals surface area contributed by atoms with Crippen LogP contribution in [-0.4, -0.2) is 37.8 Å². The number of carbonyl (C=O) groups is 2. The number of nitrogens with zero attached hydrogens (tertiary/aromatic N) is 3. The molecule has 8 nitrogen and oxygen atoms in total. The number of aromatic amines is 1. The van der Waals surface area contributed by atoms with E-state index in [-0.39, 0.29) is 23.3 Å². The molecule has 0 saturated heterocycles. The quantitative estimate of drug-likeness (QED) is 0.398. The van der Waals surface area contributed by atoms with Crippen LogP contribution in [0.15, 0.2) is 49.1 Å². The summed E-state index contributed by atoms with van der Waals surface area (Å²) < 4.78 is 0. The van der Waals surface area contributed by atoms with Gasteiger partial charge in [-0.3, -0.25) is 14.6 Å². The smallest absolute Gasteiger partial charge is 0.261 e. The van der Waals surface area contributed by atoms with Crippen molar-refractivity contribution in [3.05, 3.63) is 65.1 Å². The molecule has 4 rings (SSSR count). The van der Waals surface area contributed by atoms with E-state index in [1.54, 1.807) is 30.9 Å². The number of rotatable bonds is 6. The minimum Gasteiger partial charge on any atom is -0.349 e. The summed E-state index contributed by atoms with van der Waals surface area (Å²) in [5, 5.41) is 5.95. The first-order valence-electron chi connectivity index (χ1n) is 10.6. The zero-order chi connectivity index (χ0) is 23.6. The first kappa shape index (κ1) is 22.6. The Morgan fingerprint density at radius 1 is 1.12 bits per heavy atom. The van der Waals surface area contributed by atoms with Crippen LogP contribution in [0.1, 0.15) is 53.3 Å². The van der Waals surface area contributed by atoms with E-state index in [1.807, 2.05) is 25.1 Å². The molecule has 0 spiro atoms. The second kappa shape index (κ2) is 9.11. The molecule has 33 heavy (non-hydrogen) atoms. The topological polar surface area (TPSA) is 113 Å². The van der Waals surface area contributed by atoms with Gasteiger partial charge >= 0.3 is 0 Å². The van der Waals surface area contributed by atoms with E-state index >= 15 is 0 Å². The zero-order valence-corrected chi connectivity index (χ0v) is 19.8. The van der Waals surface area contributed by atoms with Gasteiger partial charge in [0.2, 0.25) is 0 Å². The number of pyridine rings is 1. The number of aromatic nitrogens is 4. The number of H-pyrrole nitrogens is 1. The summed E-state index contributed by atoms with van der Waals surface area (Å²) in [6.07, 6.45) is 6.66. The highest BCUT2D eigenvalue weighted by Crippen LogP contribution is 2.28. The third kappa shape index (κ3) is 5.09. The molecule has 0 radical (unpaired) electrons. The number of hydrogen-bond acceptors (Lipinski definition) is 6. The predicted molar refractivity (Wildman–Crippen MR) is 129 cm³/mol. The summed E-state index contributed by atoms with van der Waals surface area (Å²) in [7, 11) is 0. The SMILES string of the molecule is CC(NC(=O)c1c[nH]c2ncc(-c3ccc(C(=O)NCc4ccncc4)s3)nc12)C(C)(C)C. The fraction of sp³-hybridized carbons (Fsp3) is 0.292. The molecule has 1 unspecified atom stereocenters. The fourth-order valence-electron chi connectivity index (χ4n) is 3.04. The van der Waals surface area contributed by atoms with Gasteiger partial charge in [-0.15, -0.1) is 11.3 Å². The van der Waals surface area contributed by atoms with Gasteiger partial charge in [0.25, 0.3) is 11.8 Å². The first-order chi connectivity index (χ1) is 15.7. The van der Waals surface area contributed by atoms with Crippen molar-refractivity contribution in [1.29, 1.82) is 0 Å². The van der Waals surface area contributed by atoms with Crippen molar-refractivity contribution in [3.63, 3.8) is 0 Å². The lowest BCUT2D eigenvalue weighted by Crippen LogP contribution is -2.41. The van der Waals surface area contributed by atoms with E-state index in [0.717, 1.165) is 10.4 Å². The van der Waals surface area contributed by atoms with Crippen LogP contribution in [0, 0.1) is 5.41 Å². The third-order valence-electron chi connectivity index (χ3n) is 5.56. The van der Waals surface area contributed by atoms with Gasteiger partial charge in [0, 0.05) is 31.2 Å². The Labute approximate surface area is 195 Å². The molecule has 0 aromatic carbocycles. The standard InChI is InChI=1S/C24H26N6O2S/c1-14(24(2,3)4)29-22(31)16-12-26-21-20(16)30-17(13-27-21)18-5-6-19(33-18)23(32)28-11-15-7-9-25-10-8-15/h5-10,12-14H,11H2,1-4H3,(H,26,27)(H,28,32)(H,29,31). The number of fused-ring (bicyclic) bond motifs is 1. The van der Waals surface area contributed by atoms with E-state index in [9.17, 15) is 9.59 Å². The predicted octanol–water partition coefficient (Wildman–Crippen LogP) is 4.18. The molecule has 9 heteroatoms. The highest BCUT2D eigenvalue weighted by atomic mass is 32.1. The number of thiophene rings is 1. The molecule has 0 aliphatic carbocycles. The van der Waals surface area contributed by atoms with Crippen molar-refractivity contribution in [2.45, 2.75) is 40.3 Å². The largest absolute Gasteiger partial charge is 0.349 e. The lowest BCUT2D eigenvalue weighted by Gasteiger charge is -2.27. The fourth-order valence-corrected chi connectivity index (χ4v) is 3.92. The Balaban J connectivity index is 1.52. The van der Waals surface area contributed by atoms with Gasteiger partial charge in [-0.05, 0) is 42.2 Å². The third-order valence-corrected chi connectivity index (χ3v) is 6.66. The maximum absolute atomic E-state index is 12.9. The first-order valence-corrected chi connectivity index (χ1v) is 11.5. The minimum atomic E-state index is -0.197. The molecule has 0 aliphatic rings. The van der Waals surface area contributed by atoms with Gasteiger partial charge in [0.05, 0.1) is 27.2 Å². The van der Waals surface area contributed by atoms with Crippen molar-refractivity contribution in [2.24, 2.45) is 5.41 Å². The number of amides is 2. The van der Waals surface area contributed by atoms with Crippen LogP contribution < -0.4 is 10.6 Å². The Bertz CT molecular complexity index is 1290. The molecule has 0 saturated carbocycles. The Hall–Kier alpha value is -3.59. The lowest BCUT2D eigenvalue weighted by atomic mass is 9.88. The van der Waals surface area contributed by atoms with Crippen LogP contribution in [0.3, 0.4) is 0 Å². The van der Waals surface area contributed by atoms with Crippen LogP contribution in [-0.2, 0) is 6.54 Å². The summed E-state index contributed by atoms with van der Waals surface area (Å²) in [6.45, 7) is 8.64. The number of carbonyl (C=O) groups excluding carboxylic acids is 2. The minimum absolute atomic E-state index is 0.0170. The Morgan fingerprint density at radius 3 is 2.61 bits per heavy atom. The molecule has 4 aromatic rings. The molecule has 2 amide bonds. The van der Waals surface area contributed by atoms with E-state index in [1.165, 1.54) is 11.3 Å². The van der Waals surface area contributed by atoms with E-state index in [2.05, 4.69) is 51.3 Å².